The highest BCUT2D eigenvalue weighted by Gasteiger charge is 2.05. The molecular weight excluding hydrogens is 320 g/mol. The number of rotatable bonds is 6. The van der Waals surface area contributed by atoms with Crippen LogP contribution < -0.4 is 13.7 Å². The normalized spacial score (nSPS) is 11.4. The van der Waals surface area contributed by atoms with Crippen molar-refractivity contribution in [2.45, 2.75) is 0 Å². The molecular formula is C16H16O6S. The molecule has 23 heavy (non-hydrogen) atoms. The predicted octanol–water partition coefficient (Wildman–Crippen LogP) is 3.06. The fourth-order valence-corrected chi connectivity index (χ4v) is 2.23. The molecule has 0 atom stereocenters. The summed E-state index contributed by atoms with van der Waals surface area (Å²) in [5.41, 5.74) is 1.72. The third-order valence-electron chi connectivity index (χ3n) is 2.92. The van der Waals surface area contributed by atoms with Crippen molar-refractivity contribution in [3.05, 3.63) is 53.6 Å². The van der Waals surface area contributed by atoms with Crippen LogP contribution in [-0.4, -0.2) is 27.2 Å². The smallest absolute Gasteiger partial charge is 0.446 e. The predicted molar refractivity (Wildman–Crippen MR) is 87.1 cm³/mol. The van der Waals surface area contributed by atoms with Crippen molar-refractivity contribution in [2.75, 3.05) is 14.2 Å². The fraction of sp³-hybridized carbons (Fsp3) is 0.125. The Morgan fingerprint density at radius 3 is 1.83 bits per heavy atom. The molecule has 0 bridgehead atoms. The average Bonchev–Trinajstić information content (AvgIpc) is 2.52. The molecule has 0 saturated carbocycles. The summed E-state index contributed by atoms with van der Waals surface area (Å²) >= 11 is 0. The third kappa shape index (κ3) is 5.32. The zero-order valence-electron chi connectivity index (χ0n) is 12.6. The second-order valence-corrected chi connectivity index (χ2v) is 5.58. The van der Waals surface area contributed by atoms with E-state index in [1.165, 1.54) is 12.1 Å². The minimum absolute atomic E-state index is 0.0349. The first kappa shape index (κ1) is 16.9. The summed E-state index contributed by atoms with van der Waals surface area (Å²) in [5.74, 6) is 1.40. The zero-order chi connectivity index (χ0) is 16.9. The van der Waals surface area contributed by atoms with Crippen molar-refractivity contribution in [2.24, 2.45) is 0 Å². The first-order chi connectivity index (χ1) is 10.9. The van der Waals surface area contributed by atoms with Gasteiger partial charge < -0.3 is 13.7 Å². The molecule has 0 fully saturated rings. The van der Waals surface area contributed by atoms with Gasteiger partial charge >= 0.3 is 10.4 Å². The minimum Gasteiger partial charge on any atom is -0.497 e. The Morgan fingerprint density at radius 1 is 0.826 bits per heavy atom. The average molecular weight is 336 g/mol. The highest BCUT2D eigenvalue weighted by molar-refractivity contribution is 7.81. The van der Waals surface area contributed by atoms with Gasteiger partial charge in [-0.1, -0.05) is 24.3 Å². The lowest BCUT2D eigenvalue weighted by molar-refractivity contribution is 0.386. The summed E-state index contributed by atoms with van der Waals surface area (Å²) in [6.45, 7) is 0. The molecule has 0 aliphatic heterocycles. The fourth-order valence-electron chi connectivity index (χ4n) is 1.87. The molecule has 0 saturated heterocycles. The van der Waals surface area contributed by atoms with Crippen LogP contribution in [0.2, 0.25) is 0 Å². The molecule has 0 spiro atoms. The van der Waals surface area contributed by atoms with Crippen molar-refractivity contribution in [1.82, 2.24) is 0 Å². The number of benzene rings is 2. The van der Waals surface area contributed by atoms with E-state index >= 15 is 0 Å². The van der Waals surface area contributed by atoms with E-state index in [9.17, 15) is 8.42 Å². The summed E-state index contributed by atoms with van der Waals surface area (Å²) in [6.07, 6.45) is 3.70. The Kier molecular flexibility index (Phi) is 5.25. The van der Waals surface area contributed by atoms with E-state index in [0.717, 1.165) is 11.1 Å². The van der Waals surface area contributed by atoms with Crippen LogP contribution in [0.25, 0.3) is 12.2 Å². The van der Waals surface area contributed by atoms with Crippen LogP contribution in [0.4, 0.5) is 0 Å². The highest BCUT2D eigenvalue weighted by Crippen LogP contribution is 2.24. The SMILES string of the molecule is COc1cc(/C=C/c2ccc(OS(=O)(=O)O)cc2)cc(OC)c1. The molecule has 7 heteroatoms. The summed E-state index contributed by atoms with van der Waals surface area (Å²) in [5, 5.41) is 0. The van der Waals surface area contributed by atoms with Crippen molar-refractivity contribution in [3.63, 3.8) is 0 Å². The van der Waals surface area contributed by atoms with Gasteiger partial charge in [0.05, 0.1) is 14.2 Å². The van der Waals surface area contributed by atoms with Crippen molar-refractivity contribution >= 4 is 22.6 Å². The van der Waals surface area contributed by atoms with Gasteiger partial charge in [-0.25, -0.2) is 0 Å². The van der Waals surface area contributed by atoms with Crippen molar-refractivity contribution in [1.29, 1.82) is 0 Å². The molecule has 0 aromatic heterocycles. The first-order valence-corrected chi connectivity index (χ1v) is 7.94. The van der Waals surface area contributed by atoms with Gasteiger partial charge in [0.25, 0.3) is 0 Å². The Labute approximate surface area is 134 Å². The van der Waals surface area contributed by atoms with E-state index in [2.05, 4.69) is 4.18 Å². The van der Waals surface area contributed by atoms with E-state index in [1.54, 1.807) is 32.4 Å². The van der Waals surface area contributed by atoms with Gasteiger partial charge in [-0.05, 0) is 35.4 Å². The highest BCUT2D eigenvalue weighted by atomic mass is 32.3. The molecule has 0 radical (unpaired) electrons. The van der Waals surface area contributed by atoms with Crippen molar-refractivity contribution < 1.29 is 26.6 Å². The number of methoxy groups -OCH3 is 2. The Hall–Kier alpha value is -2.51. The minimum atomic E-state index is -4.51. The molecule has 6 nitrogen and oxygen atoms in total. The zero-order valence-corrected chi connectivity index (χ0v) is 13.4. The monoisotopic (exact) mass is 336 g/mol. The lowest BCUT2D eigenvalue weighted by Crippen LogP contribution is -2.06. The third-order valence-corrected chi connectivity index (χ3v) is 3.33. The Balaban J connectivity index is 2.17. The van der Waals surface area contributed by atoms with E-state index in [0.29, 0.717) is 11.5 Å². The molecule has 0 aliphatic rings. The first-order valence-electron chi connectivity index (χ1n) is 6.58. The summed E-state index contributed by atoms with van der Waals surface area (Å²) < 4.78 is 44.6. The van der Waals surface area contributed by atoms with Crippen LogP contribution in [0.15, 0.2) is 42.5 Å². The lowest BCUT2D eigenvalue weighted by atomic mass is 10.1. The van der Waals surface area contributed by atoms with Crippen LogP contribution in [-0.2, 0) is 10.4 Å². The summed E-state index contributed by atoms with van der Waals surface area (Å²) in [4.78, 5) is 0. The summed E-state index contributed by atoms with van der Waals surface area (Å²) in [6, 6.07) is 11.7. The lowest BCUT2D eigenvalue weighted by Gasteiger charge is -2.06. The topological polar surface area (TPSA) is 82.1 Å². The van der Waals surface area contributed by atoms with E-state index in [-0.39, 0.29) is 5.75 Å². The van der Waals surface area contributed by atoms with Crippen LogP contribution >= 0.6 is 0 Å². The molecule has 0 amide bonds. The van der Waals surface area contributed by atoms with Gasteiger partial charge in [-0.3, -0.25) is 4.55 Å². The number of hydrogen-bond donors (Lipinski definition) is 1. The number of ether oxygens (including phenoxy) is 2. The molecule has 0 aliphatic carbocycles. The van der Waals surface area contributed by atoms with Gasteiger partial charge in [0, 0.05) is 6.07 Å². The van der Waals surface area contributed by atoms with E-state index in [4.69, 9.17) is 14.0 Å². The maximum Gasteiger partial charge on any atom is 0.446 e. The van der Waals surface area contributed by atoms with Crippen LogP contribution in [0.5, 0.6) is 17.2 Å². The van der Waals surface area contributed by atoms with Gasteiger partial charge in [0.1, 0.15) is 17.2 Å². The Bertz CT molecular complexity index is 772. The molecule has 122 valence electrons. The maximum atomic E-state index is 10.6. The molecule has 2 rings (SSSR count). The van der Waals surface area contributed by atoms with Gasteiger partial charge in [-0.2, -0.15) is 8.42 Å². The molecule has 0 heterocycles. The van der Waals surface area contributed by atoms with Gasteiger partial charge in [0.15, 0.2) is 0 Å². The van der Waals surface area contributed by atoms with E-state index < -0.39 is 10.4 Å². The van der Waals surface area contributed by atoms with Crippen molar-refractivity contribution in [3.8, 4) is 17.2 Å². The second kappa shape index (κ2) is 7.17. The molecule has 0 unspecified atom stereocenters. The van der Waals surface area contributed by atoms with Crippen LogP contribution in [0.3, 0.4) is 0 Å². The largest absolute Gasteiger partial charge is 0.497 e. The van der Waals surface area contributed by atoms with Gasteiger partial charge in [-0.15, -0.1) is 0 Å². The molecule has 2 aromatic carbocycles. The Morgan fingerprint density at radius 2 is 1.35 bits per heavy atom. The number of hydrogen-bond acceptors (Lipinski definition) is 5. The molecule has 1 N–H and O–H groups in total. The van der Waals surface area contributed by atoms with E-state index in [1.807, 2.05) is 24.3 Å². The van der Waals surface area contributed by atoms with Crippen LogP contribution in [0, 0.1) is 0 Å². The van der Waals surface area contributed by atoms with Gasteiger partial charge in [0.2, 0.25) is 0 Å². The maximum absolute atomic E-state index is 10.6. The standard InChI is InChI=1S/C16H16O6S/c1-20-15-9-13(10-16(11-15)21-2)4-3-12-5-7-14(8-6-12)22-23(17,18)19/h3-11H,1-2H3,(H,17,18,19)/b4-3+. The van der Waals surface area contributed by atoms with Crippen LogP contribution in [0.1, 0.15) is 11.1 Å². The summed E-state index contributed by atoms with van der Waals surface area (Å²) in [7, 11) is -1.35. The quantitative estimate of drug-likeness (QED) is 0.645. The molecule has 2 aromatic rings. The second-order valence-electron chi connectivity index (χ2n) is 4.56.